The SMILES string of the molecule is CN=C(NCc1ccc(C)cc1OCC1CCOC1)NCC1CCCO1.I. The van der Waals surface area contributed by atoms with E-state index < -0.39 is 0 Å². The Morgan fingerprint density at radius 3 is 2.85 bits per heavy atom. The standard InChI is InChI=1S/C20H31N3O3.HI/c1-15-5-6-17(19(10-15)26-14-16-7-9-24-13-16)11-22-20(21-2)23-12-18-4-3-8-25-18;/h5-6,10,16,18H,3-4,7-9,11-14H2,1-2H3,(H2,21,22,23);1H. The summed E-state index contributed by atoms with van der Waals surface area (Å²) < 4.78 is 17.2. The molecule has 0 aromatic heterocycles. The van der Waals surface area contributed by atoms with E-state index in [1.807, 2.05) is 0 Å². The molecule has 3 rings (SSSR count). The second-order valence-electron chi connectivity index (χ2n) is 7.09. The van der Waals surface area contributed by atoms with Crippen molar-refractivity contribution in [2.75, 3.05) is 40.0 Å². The minimum absolute atomic E-state index is 0. The van der Waals surface area contributed by atoms with Crippen LogP contribution in [0.3, 0.4) is 0 Å². The summed E-state index contributed by atoms with van der Waals surface area (Å²) in [7, 11) is 1.79. The van der Waals surface area contributed by atoms with Crippen molar-refractivity contribution in [2.45, 2.75) is 38.8 Å². The summed E-state index contributed by atoms with van der Waals surface area (Å²) in [6.07, 6.45) is 3.64. The van der Waals surface area contributed by atoms with Crippen molar-refractivity contribution in [3.05, 3.63) is 29.3 Å². The lowest BCUT2D eigenvalue weighted by molar-refractivity contribution is 0.114. The molecule has 0 amide bonds. The predicted octanol–water partition coefficient (Wildman–Crippen LogP) is 2.87. The lowest BCUT2D eigenvalue weighted by Gasteiger charge is -2.18. The maximum absolute atomic E-state index is 6.11. The van der Waals surface area contributed by atoms with Gasteiger partial charge in [-0.2, -0.15) is 0 Å². The number of ether oxygens (including phenoxy) is 3. The van der Waals surface area contributed by atoms with Crippen LogP contribution in [0.15, 0.2) is 23.2 Å². The fourth-order valence-corrected chi connectivity index (χ4v) is 3.28. The van der Waals surface area contributed by atoms with Crippen molar-refractivity contribution < 1.29 is 14.2 Å². The van der Waals surface area contributed by atoms with Crippen molar-refractivity contribution >= 4 is 29.9 Å². The van der Waals surface area contributed by atoms with Crippen LogP contribution in [0, 0.1) is 12.8 Å². The normalized spacial score (nSPS) is 22.4. The summed E-state index contributed by atoms with van der Waals surface area (Å²) in [5.41, 5.74) is 2.34. The van der Waals surface area contributed by atoms with E-state index in [2.05, 4.69) is 40.7 Å². The van der Waals surface area contributed by atoms with Crippen LogP contribution in [-0.2, 0) is 16.0 Å². The van der Waals surface area contributed by atoms with Crippen molar-refractivity contribution in [1.82, 2.24) is 10.6 Å². The van der Waals surface area contributed by atoms with Crippen LogP contribution in [0.4, 0.5) is 0 Å². The Hall–Kier alpha value is -1.06. The lowest BCUT2D eigenvalue weighted by atomic mass is 10.1. The zero-order chi connectivity index (χ0) is 18.2. The van der Waals surface area contributed by atoms with E-state index in [4.69, 9.17) is 14.2 Å². The van der Waals surface area contributed by atoms with E-state index in [0.717, 1.165) is 62.9 Å². The average molecular weight is 489 g/mol. The highest BCUT2D eigenvalue weighted by Gasteiger charge is 2.18. The van der Waals surface area contributed by atoms with Crippen molar-refractivity contribution in [3.63, 3.8) is 0 Å². The van der Waals surface area contributed by atoms with Gasteiger partial charge in [0.15, 0.2) is 5.96 Å². The molecule has 27 heavy (non-hydrogen) atoms. The monoisotopic (exact) mass is 489 g/mol. The minimum atomic E-state index is 0. The highest BCUT2D eigenvalue weighted by molar-refractivity contribution is 14.0. The van der Waals surface area contributed by atoms with Crippen LogP contribution >= 0.6 is 24.0 Å². The van der Waals surface area contributed by atoms with Gasteiger partial charge in [0.1, 0.15) is 5.75 Å². The fraction of sp³-hybridized carbons (Fsp3) is 0.650. The van der Waals surface area contributed by atoms with E-state index in [-0.39, 0.29) is 24.0 Å². The number of halogens is 1. The third-order valence-corrected chi connectivity index (χ3v) is 4.91. The van der Waals surface area contributed by atoms with Gasteiger partial charge in [-0.1, -0.05) is 12.1 Å². The first kappa shape index (κ1) is 22.2. The van der Waals surface area contributed by atoms with Crippen LogP contribution < -0.4 is 15.4 Å². The highest BCUT2D eigenvalue weighted by atomic mass is 127. The Balaban J connectivity index is 0.00000261. The molecule has 2 aliphatic rings. The van der Waals surface area contributed by atoms with Crippen molar-refractivity contribution in [1.29, 1.82) is 0 Å². The average Bonchev–Trinajstić information content (AvgIpc) is 3.35. The first-order valence-corrected chi connectivity index (χ1v) is 9.61. The van der Waals surface area contributed by atoms with Gasteiger partial charge >= 0.3 is 0 Å². The summed E-state index contributed by atoms with van der Waals surface area (Å²) in [5.74, 6) is 2.23. The number of aliphatic imine (C=N–C) groups is 1. The smallest absolute Gasteiger partial charge is 0.191 e. The Labute approximate surface area is 179 Å². The summed E-state index contributed by atoms with van der Waals surface area (Å²) in [4.78, 5) is 4.30. The number of aryl methyl sites for hydroxylation is 1. The van der Waals surface area contributed by atoms with Gasteiger partial charge in [-0.25, -0.2) is 0 Å². The summed E-state index contributed by atoms with van der Waals surface area (Å²) in [6, 6.07) is 6.34. The van der Waals surface area contributed by atoms with Gasteiger partial charge in [0, 0.05) is 44.8 Å². The Morgan fingerprint density at radius 1 is 1.26 bits per heavy atom. The first-order valence-electron chi connectivity index (χ1n) is 9.61. The lowest BCUT2D eigenvalue weighted by Crippen LogP contribution is -2.40. The van der Waals surface area contributed by atoms with Crippen LogP contribution in [0.5, 0.6) is 5.75 Å². The molecule has 1 aromatic carbocycles. The molecule has 2 heterocycles. The highest BCUT2D eigenvalue weighted by Crippen LogP contribution is 2.22. The predicted molar refractivity (Wildman–Crippen MR) is 118 cm³/mol. The van der Waals surface area contributed by atoms with E-state index >= 15 is 0 Å². The van der Waals surface area contributed by atoms with E-state index in [1.54, 1.807) is 7.05 Å². The van der Waals surface area contributed by atoms with Crippen LogP contribution in [0.25, 0.3) is 0 Å². The van der Waals surface area contributed by atoms with E-state index in [0.29, 0.717) is 25.2 Å². The third kappa shape index (κ3) is 7.12. The molecule has 0 aliphatic carbocycles. The third-order valence-electron chi connectivity index (χ3n) is 4.91. The number of hydrogen-bond donors (Lipinski definition) is 2. The van der Waals surface area contributed by atoms with E-state index in [1.165, 1.54) is 5.56 Å². The number of rotatable bonds is 7. The molecular formula is C20H32IN3O3. The van der Waals surface area contributed by atoms with Gasteiger partial charge in [0.05, 0.1) is 19.3 Å². The van der Waals surface area contributed by atoms with E-state index in [9.17, 15) is 0 Å². The van der Waals surface area contributed by atoms with Gasteiger partial charge in [0.2, 0.25) is 0 Å². The topological polar surface area (TPSA) is 64.1 Å². The zero-order valence-electron chi connectivity index (χ0n) is 16.3. The molecule has 2 atom stereocenters. The molecule has 0 spiro atoms. The fourth-order valence-electron chi connectivity index (χ4n) is 3.28. The summed E-state index contributed by atoms with van der Waals surface area (Å²) in [5, 5.41) is 6.72. The Kier molecular flexibility index (Phi) is 9.64. The molecule has 0 radical (unpaired) electrons. The molecule has 2 unspecified atom stereocenters. The zero-order valence-corrected chi connectivity index (χ0v) is 18.7. The molecule has 2 aliphatic heterocycles. The Morgan fingerprint density at radius 2 is 2.15 bits per heavy atom. The molecule has 2 N–H and O–H groups in total. The van der Waals surface area contributed by atoms with Crippen LogP contribution in [0.2, 0.25) is 0 Å². The van der Waals surface area contributed by atoms with Gasteiger partial charge in [-0.3, -0.25) is 4.99 Å². The maximum atomic E-state index is 6.11. The number of benzene rings is 1. The molecule has 0 bridgehead atoms. The van der Waals surface area contributed by atoms with Gasteiger partial charge in [0.25, 0.3) is 0 Å². The quantitative estimate of drug-likeness (QED) is 0.351. The molecular weight excluding hydrogens is 457 g/mol. The summed E-state index contributed by atoms with van der Waals surface area (Å²) >= 11 is 0. The largest absolute Gasteiger partial charge is 0.493 e. The number of nitrogens with zero attached hydrogens (tertiary/aromatic N) is 1. The van der Waals surface area contributed by atoms with Crippen LogP contribution in [-0.4, -0.2) is 52.1 Å². The van der Waals surface area contributed by atoms with Crippen LogP contribution in [0.1, 0.15) is 30.4 Å². The molecule has 2 fully saturated rings. The maximum Gasteiger partial charge on any atom is 0.191 e. The Bertz CT molecular complexity index is 600. The molecule has 2 saturated heterocycles. The number of nitrogens with one attached hydrogen (secondary N) is 2. The number of hydrogen-bond acceptors (Lipinski definition) is 4. The van der Waals surface area contributed by atoms with Gasteiger partial charge < -0.3 is 24.8 Å². The molecule has 0 saturated carbocycles. The van der Waals surface area contributed by atoms with Crippen molar-refractivity contribution in [3.8, 4) is 5.75 Å². The van der Waals surface area contributed by atoms with Crippen molar-refractivity contribution in [2.24, 2.45) is 10.9 Å². The molecule has 6 nitrogen and oxygen atoms in total. The molecule has 1 aromatic rings. The first-order chi connectivity index (χ1) is 12.7. The van der Waals surface area contributed by atoms with Gasteiger partial charge in [-0.05, 0) is 37.8 Å². The minimum Gasteiger partial charge on any atom is -0.493 e. The second-order valence-corrected chi connectivity index (χ2v) is 7.09. The summed E-state index contributed by atoms with van der Waals surface area (Å²) in [6.45, 7) is 6.78. The molecule has 7 heteroatoms. The number of guanidine groups is 1. The van der Waals surface area contributed by atoms with Gasteiger partial charge in [-0.15, -0.1) is 24.0 Å². The molecule has 152 valence electrons. The second kappa shape index (κ2) is 11.7.